The highest BCUT2D eigenvalue weighted by molar-refractivity contribution is 7.98. The summed E-state index contributed by atoms with van der Waals surface area (Å²) in [4.78, 5) is 14.4. The molecule has 1 aromatic carbocycles. The van der Waals surface area contributed by atoms with E-state index < -0.39 is 0 Å². The van der Waals surface area contributed by atoms with Crippen molar-refractivity contribution in [2.24, 2.45) is 0 Å². The fourth-order valence-electron chi connectivity index (χ4n) is 2.97. The van der Waals surface area contributed by atoms with Crippen molar-refractivity contribution >= 4 is 17.7 Å². The van der Waals surface area contributed by atoms with Gasteiger partial charge in [0, 0.05) is 37.5 Å². The number of ether oxygens (including phenoxy) is 3. The minimum absolute atomic E-state index is 0.0602. The molecule has 2 heterocycles. The molecule has 1 N–H and O–H groups in total. The lowest BCUT2D eigenvalue weighted by molar-refractivity contribution is -0.121. The zero-order valence-corrected chi connectivity index (χ0v) is 17.2. The van der Waals surface area contributed by atoms with Gasteiger partial charge in [-0.25, -0.2) is 0 Å². The number of thioether (sulfide) groups is 1. The molecule has 3 rings (SSSR count). The van der Waals surface area contributed by atoms with E-state index in [1.54, 1.807) is 39.4 Å². The number of rotatable bonds is 11. The molecule has 0 saturated carbocycles. The molecule has 7 nitrogen and oxygen atoms in total. The quantitative estimate of drug-likeness (QED) is 0.454. The van der Waals surface area contributed by atoms with Gasteiger partial charge in [0.05, 0.1) is 38.9 Å². The molecule has 2 unspecified atom stereocenters. The second kappa shape index (κ2) is 9.75. The maximum Gasteiger partial charge on any atom is 0.238 e. The van der Waals surface area contributed by atoms with Crippen molar-refractivity contribution < 1.29 is 23.4 Å². The average molecular weight is 407 g/mol. The molecule has 0 aliphatic carbocycles. The predicted octanol–water partition coefficient (Wildman–Crippen LogP) is 2.54. The highest BCUT2D eigenvalue weighted by Gasteiger charge is 2.40. The number of hydrogen-bond donors (Lipinski definition) is 1. The molecule has 0 spiro atoms. The van der Waals surface area contributed by atoms with Crippen LogP contribution in [-0.2, 0) is 17.1 Å². The van der Waals surface area contributed by atoms with Crippen molar-refractivity contribution in [3.05, 3.63) is 41.9 Å². The summed E-state index contributed by atoms with van der Waals surface area (Å²) >= 11 is 1.73. The molecule has 1 aliphatic rings. The Morgan fingerprint density at radius 1 is 1.25 bits per heavy atom. The molecule has 152 valence electrons. The Balaban J connectivity index is 1.45. The van der Waals surface area contributed by atoms with Gasteiger partial charge in [-0.15, -0.1) is 0 Å². The Morgan fingerprint density at radius 3 is 2.61 bits per heavy atom. The van der Waals surface area contributed by atoms with E-state index in [2.05, 4.69) is 10.2 Å². The van der Waals surface area contributed by atoms with Crippen molar-refractivity contribution in [3.63, 3.8) is 0 Å². The Morgan fingerprint density at radius 2 is 2.00 bits per heavy atom. The van der Waals surface area contributed by atoms with Crippen molar-refractivity contribution in [1.82, 2.24) is 10.2 Å². The summed E-state index contributed by atoms with van der Waals surface area (Å²) in [5.74, 6) is 4.73. The first-order valence-electron chi connectivity index (χ1n) is 9.07. The first kappa shape index (κ1) is 20.4. The van der Waals surface area contributed by atoms with Gasteiger partial charge < -0.3 is 23.9 Å². The Labute approximate surface area is 169 Å². The van der Waals surface area contributed by atoms with Gasteiger partial charge in [-0.1, -0.05) is 0 Å². The molecule has 8 heteroatoms. The van der Waals surface area contributed by atoms with E-state index in [0.29, 0.717) is 30.3 Å². The van der Waals surface area contributed by atoms with Crippen LogP contribution in [0.25, 0.3) is 0 Å². The van der Waals surface area contributed by atoms with Crippen LogP contribution in [-0.4, -0.2) is 57.0 Å². The maximum atomic E-state index is 12.3. The van der Waals surface area contributed by atoms with Crippen molar-refractivity contribution in [1.29, 1.82) is 0 Å². The molecule has 1 fully saturated rings. The maximum absolute atomic E-state index is 12.3. The third-order valence-corrected chi connectivity index (χ3v) is 5.55. The first-order valence-corrected chi connectivity index (χ1v) is 10.2. The minimum Gasteiger partial charge on any atom is -0.496 e. The van der Waals surface area contributed by atoms with Gasteiger partial charge in [-0.3, -0.25) is 9.69 Å². The largest absolute Gasteiger partial charge is 0.496 e. The minimum atomic E-state index is -0.105. The van der Waals surface area contributed by atoms with Crippen LogP contribution < -0.4 is 19.5 Å². The van der Waals surface area contributed by atoms with Crippen LogP contribution in [0.5, 0.6) is 17.2 Å². The van der Waals surface area contributed by atoms with Gasteiger partial charge in [-0.2, -0.15) is 11.8 Å². The summed E-state index contributed by atoms with van der Waals surface area (Å²) in [6.45, 7) is 1.95. The normalized spacial score (nSPS) is 17.8. The lowest BCUT2D eigenvalue weighted by Crippen LogP contribution is -2.31. The standard InChI is InChI=1S/C20H26N2O5S/c1-24-15-9-18(25-2)16(19(10-15)26-3)11-22-12-17(22)20(23)21-6-8-28-13-14-5-4-7-27-14/h4-5,7,9-10,17H,6,8,11-13H2,1-3H3,(H,21,23). The highest BCUT2D eigenvalue weighted by atomic mass is 32.2. The molecule has 1 aromatic heterocycles. The van der Waals surface area contributed by atoms with Crippen molar-refractivity contribution in [2.45, 2.75) is 18.3 Å². The molecule has 1 saturated heterocycles. The van der Waals surface area contributed by atoms with E-state index >= 15 is 0 Å². The summed E-state index contributed by atoms with van der Waals surface area (Å²) in [6, 6.07) is 7.38. The summed E-state index contributed by atoms with van der Waals surface area (Å²) in [5, 5.41) is 3.00. The summed E-state index contributed by atoms with van der Waals surface area (Å²) in [6.07, 6.45) is 1.67. The number of carbonyl (C=O) groups is 1. The molecule has 2 atom stereocenters. The van der Waals surface area contributed by atoms with E-state index in [-0.39, 0.29) is 11.9 Å². The summed E-state index contributed by atoms with van der Waals surface area (Å²) in [5.41, 5.74) is 0.912. The molecule has 0 radical (unpaired) electrons. The number of hydrogen-bond acceptors (Lipinski definition) is 7. The van der Waals surface area contributed by atoms with E-state index in [1.165, 1.54) is 0 Å². The number of carbonyl (C=O) groups excluding carboxylic acids is 1. The third kappa shape index (κ3) is 5.14. The van der Waals surface area contributed by atoms with Crippen LogP contribution in [0, 0.1) is 0 Å². The highest BCUT2D eigenvalue weighted by Crippen LogP contribution is 2.37. The van der Waals surface area contributed by atoms with Crippen LogP contribution in [0.2, 0.25) is 0 Å². The molecule has 1 aliphatic heterocycles. The molecule has 28 heavy (non-hydrogen) atoms. The average Bonchev–Trinajstić information content (AvgIpc) is 3.29. The summed E-state index contributed by atoms with van der Waals surface area (Å²) in [7, 11) is 4.83. The lowest BCUT2D eigenvalue weighted by Gasteiger charge is -2.15. The fourth-order valence-corrected chi connectivity index (χ4v) is 3.72. The van der Waals surface area contributed by atoms with E-state index in [4.69, 9.17) is 18.6 Å². The van der Waals surface area contributed by atoms with E-state index in [0.717, 1.165) is 29.4 Å². The number of amides is 1. The van der Waals surface area contributed by atoms with Gasteiger partial charge >= 0.3 is 0 Å². The smallest absolute Gasteiger partial charge is 0.238 e. The van der Waals surface area contributed by atoms with Gasteiger partial charge in [0.2, 0.25) is 5.91 Å². The van der Waals surface area contributed by atoms with Crippen molar-refractivity contribution in [2.75, 3.05) is 40.2 Å². The van der Waals surface area contributed by atoms with Crippen LogP contribution in [0.3, 0.4) is 0 Å². The zero-order valence-electron chi connectivity index (χ0n) is 16.4. The van der Waals surface area contributed by atoms with Crippen LogP contribution >= 0.6 is 11.8 Å². The number of methoxy groups -OCH3 is 3. The second-order valence-corrected chi connectivity index (χ2v) is 7.48. The number of benzene rings is 1. The van der Waals surface area contributed by atoms with Crippen LogP contribution in [0.1, 0.15) is 11.3 Å². The third-order valence-electron chi connectivity index (χ3n) is 4.57. The molecule has 2 aromatic rings. The SMILES string of the molecule is COc1cc(OC)c(CN2CC2C(=O)NCCSCc2ccco2)c(OC)c1. The first-order chi connectivity index (χ1) is 13.7. The van der Waals surface area contributed by atoms with Crippen LogP contribution in [0.4, 0.5) is 0 Å². The van der Waals surface area contributed by atoms with Gasteiger partial charge in [0.15, 0.2) is 0 Å². The van der Waals surface area contributed by atoms with Gasteiger partial charge in [0.25, 0.3) is 0 Å². The Kier molecular flexibility index (Phi) is 7.11. The molecule has 0 bridgehead atoms. The fraction of sp³-hybridized carbons (Fsp3) is 0.450. The molecular weight excluding hydrogens is 380 g/mol. The Bertz CT molecular complexity index is 756. The zero-order chi connectivity index (χ0) is 19.9. The van der Waals surface area contributed by atoms with E-state index in [9.17, 15) is 4.79 Å². The van der Waals surface area contributed by atoms with Gasteiger partial charge in [0.1, 0.15) is 29.1 Å². The monoisotopic (exact) mass is 406 g/mol. The molecule has 1 amide bonds. The van der Waals surface area contributed by atoms with Crippen LogP contribution in [0.15, 0.2) is 34.9 Å². The van der Waals surface area contributed by atoms with Gasteiger partial charge in [-0.05, 0) is 12.1 Å². The second-order valence-electron chi connectivity index (χ2n) is 6.38. The van der Waals surface area contributed by atoms with Crippen molar-refractivity contribution in [3.8, 4) is 17.2 Å². The number of nitrogens with zero attached hydrogens (tertiary/aromatic N) is 1. The Hall–Kier alpha value is -2.32. The lowest BCUT2D eigenvalue weighted by atomic mass is 10.1. The molecular formula is C20H26N2O5S. The predicted molar refractivity (Wildman–Crippen MR) is 108 cm³/mol. The number of furan rings is 1. The topological polar surface area (TPSA) is 72.9 Å². The summed E-state index contributed by atoms with van der Waals surface area (Å²) < 4.78 is 21.5. The van der Waals surface area contributed by atoms with E-state index in [1.807, 2.05) is 24.3 Å². The number of nitrogens with one attached hydrogen (secondary N) is 1.